The Kier molecular flexibility index (Phi) is 3.29. The second kappa shape index (κ2) is 5.25. The molecule has 4 heteroatoms. The molecule has 1 atom stereocenters. The molecule has 3 N–H and O–H groups in total. The minimum Gasteiger partial charge on any atom is -0.490 e. The first kappa shape index (κ1) is 12.5. The van der Waals surface area contributed by atoms with Crippen molar-refractivity contribution >= 4 is 5.84 Å². The zero-order valence-electron chi connectivity index (χ0n) is 11.0. The summed E-state index contributed by atoms with van der Waals surface area (Å²) in [5, 5.41) is 7.34. The van der Waals surface area contributed by atoms with Crippen LogP contribution in [0.15, 0.2) is 48.5 Å². The van der Waals surface area contributed by atoms with Crippen LogP contribution in [0.1, 0.15) is 11.1 Å². The molecule has 0 aliphatic carbocycles. The second-order valence-corrected chi connectivity index (χ2v) is 4.80. The van der Waals surface area contributed by atoms with E-state index in [1.54, 1.807) is 12.1 Å². The highest BCUT2D eigenvalue weighted by molar-refractivity contribution is 5.94. The number of ether oxygens (including phenoxy) is 2. The lowest BCUT2D eigenvalue weighted by molar-refractivity contribution is 0.148. The van der Waals surface area contributed by atoms with Gasteiger partial charge in [-0.05, 0) is 35.9 Å². The third kappa shape index (κ3) is 2.59. The number of nitrogen functional groups attached to an aromatic ring is 1. The van der Waals surface area contributed by atoms with Crippen LogP contribution in [0.4, 0.5) is 0 Å². The van der Waals surface area contributed by atoms with E-state index in [1.165, 1.54) is 5.56 Å². The SMILES string of the molecule is N=C(N)c1ccc(OCC2Cc3ccccc3O2)cc1. The number of nitrogens with one attached hydrogen (secondary N) is 1. The zero-order valence-corrected chi connectivity index (χ0v) is 11.0. The monoisotopic (exact) mass is 268 g/mol. The smallest absolute Gasteiger partial charge is 0.137 e. The fourth-order valence-electron chi connectivity index (χ4n) is 2.27. The molecule has 0 saturated heterocycles. The molecule has 0 aromatic heterocycles. The van der Waals surface area contributed by atoms with Gasteiger partial charge in [0.15, 0.2) is 0 Å². The van der Waals surface area contributed by atoms with Crippen LogP contribution in [0, 0.1) is 5.41 Å². The lowest BCUT2D eigenvalue weighted by Crippen LogP contribution is -2.22. The molecule has 20 heavy (non-hydrogen) atoms. The standard InChI is InChI=1S/C16H16N2O2/c17-16(18)11-5-7-13(8-6-11)19-10-14-9-12-3-1-2-4-15(12)20-14/h1-8,14H,9-10H2,(H3,17,18). The van der Waals surface area contributed by atoms with E-state index in [4.69, 9.17) is 20.6 Å². The molecule has 2 aromatic rings. The third-order valence-corrected chi connectivity index (χ3v) is 3.32. The molecular weight excluding hydrogens is 252 g/mol. The summed E-state index contributed by atoms with van der Waals surface area (Å²) in [5.41, 5.74) is 7.33. The van der Waals surface area contributed by atoms with Crippen LogP contribution in [0.5, 0.6) is 11.5 Å². The number of hydrogen-bond acceptors (Lipinski definition) is 3. The molecule has 1 aliphatic heterocycles. The van der Waals surface area contributed by atoms with Crippen molar-refractivity contribution in [1.29, 1.82) is 5.41 Å². The van der Waals surface area contributed by atoms with Crippen molar-refractivity contribution in [3.8, 4) is 11.5 Å². The Balaban J connectivity index is 1.57. The molecular formula is C16H16N2O2. The van der Waals surface area contributed by atoms with Crippen molar-refractivity contribution < 1.29 is 9.47 Å². The van der Waals surface area contributed by atoms with E-state index in [0.717, 1.165) is 17.9 Å². The van der Waals surface area contributed by atoms with Gasteiger partial charge in [-0.2, -0.15) is 0 Å². The first-order chi connectivity index (χ1) is 9.72. The molecule has 0 radical (unpaired) electrons. The average molecular weight is 268 g/mol. The van der Waals surface area contributed by atoms with Crippen LogP contribution in [0.25, 0.3) is 0 Å². The maximum absolute atomic E-state index is 7.34. The van der Waals surface area contributed by atoms with Gasteiger partial charge in [0, 0.05) is 12.0 Å². The number of rotatable bonds is 4. The van der Waals surface area contributed by atoms with Gasteiger partial charge in [-0.1, -0.05) is 18.2 Å². The average Bonchev–Trinajstić information content (AvgIpc) is 2.88. The molecule has 1 unspecified atom stereocenters. The lowest BCUT2D eigenvalue weighted by atomic mass is 10.1. The highest BCUT2D eigenvalue weighted by atomic mass is 16.5. The van der Waals surface area contributed by atoms with Gasteiger partial charge in [-0.15, -0.1) is 0 Å². The first-order valence-electron chi connectivity index (χ1n) is 6.54. The molecule has 0 bridgehead atoms. The van der Waals surface area contributed by atoms with E-state index in [0.29, 0.717) is 12.2 Å². The Bertz CT molecular complexity index is 598. The van der Waals surface area contributed by atoms with Crippen LogP contribution in [0.2, 0.25) is 0 Å². The van der Waals surface area contributed by atoms with Gasteiger partial charge in [0.25, 0.3) is 0 Å². The predicted octanol–water partition coefficient (Wildman–Crippen LogP) is 2.35. The highest BCUT2D eigenvalue weighted by Crippen LogP contribution is 2.28. The van der Waals surface area contributed by atoms with Gasteiger partial charge >= 0.3 is 0 Å². The van der Waals surface area contributed by atoms with Crippen LogP contribution in [0.3, 0.4) is 0 Å². The number of para-hydroxylation sites is 1. The Morgan fingerprint density at radius 2 is 1.95 bits per heavy atom. The molecule has 0 fully saturated rings. The fourth-order valence-corrected chi connectivity index (χ4v) is 2.27. The Morgan fingerprint density at radius 1 is 1.20 bits per heavy atom. The minimum absolute atomic E-state index is 0.0554. The van der Waals surface area contributed by atoms with Crippen molar-refractivity contribution in [2.45, 2.75) is 12.5 Å². The van der Waals surface area contributed by atoms with E-state index >= 15 is 0 Å². The quantitative estimate of drug-likeness (QED) is 0.660. The largest absolute Gasteiger partial charge is 0.490 e. The Hall–Kier alpha value is -2.49. The van der Waals surface area contributed by atoms with Crippen LogP contribution < -0.4 is 15.2 Å². The van der Waals surface area contributed by atoms with Crippen LogP contribution >= 0.6 is 0 Å². The van der Waals surface area contributed by atoms with E-state index in [1.807, 2.05) is 30.3 Å². The summed E-state index contributed by atoms with van der Waals surface area (Å²) in [6, 6.07) is 15.3. The van der Waals surface area contributed by atoms with Gasteiger partial charge in [0.05, 0.1) is 0 Å². The molecule has 4 nitrogen and oxygen atoms in total. The van der Waals surface area contributed by atoms with Gasteiger partial charge in [0.2, 0.25) is 0 Å². The molecule has 2 aromatic carbocycles. The van der Waals surface area contributed by atoms with Crippen molar-refractivity contribution in [2.24, 2.45) is 5.73 Å². The minimum atomic E-state index is 0.0554. The maximum Gasteiger partial charge on any atom is 0.137 e. The molecule has 1 aliphatic rings. The Labute approximate surface area is 117 Å². The predicted molar refractivity (Wildman–Crippen MR) is 77.5 cm³/mol. The lowest BCUT2D eigenvalue weighted by Gasteiger charge is -2.12. The summed E-state index contributed by atoms with van der Waals surface area (Å²) in [4.78, 5) is 0. The molecule has 102 valence electrons. The van der Waals surface area contributed by atoms with Crippen LogP contribution in [-0.2, 0) is 6.42 Å². The van der Waals surface area contributed by atoms with Crippen molar-refractivity contribution in [3.05, 3.63) is 59.7 Å². The number of benzene rings is 2. The molecule has 0 amide bonds. The number of fused-ring (bicyclic) bond motifs is 1. The van der Waals surface area contributed by atoms with Crippen molar-refractivity contribution in [1.82, 2.24) is 0 Å². The van der Waals surface area contributed by atoms with E-state index in [2.05, 4.69) is 6.07 Å². The highest BCUT2D eigenvalue weighted by Gasteiger charge is 2.22. The summed E-state index contributed by atoms with van der Waals surface area (Å²) >= 11 is 0. The van der Waals surface area contributed by atoms with Gasteiger partial charge < -0.3 is 15.2 Å². The van der Waals surface area contributed by atoms with Crippen molar-refractivity contribution in [2.75, 3.05) is 6.61 Å². The molecule has 0 spiro atoms. The maximum atomic E-state index is 7.34. The van der Waals surface area contributed by atoms with Gasteiger partial charge in [-0.25, -0.2) is 0 Å². The molecule has 0 saturated carbocycles. The number of amidine groups is 1. The topological polar surface area (TPSA) is 68.3 Å². The van der Waals surface area contributed by atoms with Gasteiger partial charge in [-0.3, -0.25) is 5.41 Å². The van der Waals surface area contributed by atoms with Gasteiger partial charge in [0.1, 0.15) is 30.0 Å². The Morgan fingerprint density at radius 3 is 2.65 bits per heavy atom. The second-order valence-electron chi connectivity index (χ2n) is 4.80. The van der Waals surface area contributed by atoms with E-state index in [-0.39, 0.29) is 11.9 Å². The fraction of sp³-hybridized carbons (Fsp3) is 0.188. The zero-order chi connectivity index (χ0) is 13.9. The number of nitrogens with two attached hydrogens (primary N) is 1. The van der Waals surface area contributed by atoms with E-state index in [9.17, 15) is 0 Å². The molecule has 3 rings (SSSR count). The summed E-state index contributed by atoms with van der Waals surface area (Å²) in [5.74, 6) is 1.77. The van der Waals surface area contributed by atoms with Crippen molar-refractivity contribution in [3.63, 3.8) is 0 Å². The first-order valence-corrected chi connectivity index (χ1v) is 6.54. The third-order valence-electron chi connectivity index (χ3n) is 3.32. The summed E-state index contributed by atoms with van der Waals surface area (Å²) < 4.78 is 11.5. The van der Waals surface area contributed by atoms with Crippen LogP contribution in [-0.4, -0.2) is 18.5 Å². The molecule has 1 heterocycles. The summed E-state index contributed by atoms with van der Waals surface area (Å²) in [6.45, 7) is 0.508. The van der Waals surface area contributed by atoms with E-state index < -0.39 is 0 Å². The normalized spacial score (nSPS) is 16.3. The number of hydrogen-bond donors (Lipinski definition) is 2. The summed E-state index contributed by atoms with van der Waals surface area (Å²) in [7, 11) is 0. The summed E-state index contributed by atoms with van der Waals surface area (Å²) in [6.07, 6.45) is 0.932.